The molecule has 6 rings (SSSR count). The van der Waals surface area contributed by atoms with Gasteiger partial charge in [0.1, 0.15) is 11.4 Å². The van der Waals surface area contributed by atoms with Crippen LogP contribution in [0.5, 0.6) is 0 Å². The largest absolute Gasteiger partial charge is 0.444 e. The molecule has 0 radical (unpaired) electrons. The number of aromatic nitrogens is 4. The van der Waals surface area contributed by atoms with Crippen LogP contribution in [0.1, 0.15) is 81.5 Å². The molecule has 10 heteroatoms. The summed E-state index contributed by atoms with van der Waals surface area (Å²) in [4.78, 5) is 26.9. The molecule has 3 unspecified atom stereocenters. The molecule has 0 spiro atoms. The lowest BCUT2D eigenvalue weighted by molar-refractivity contribution is -0.0366. The normalized spacial score (nSPS) is 23.2. The van der Waals surface area contributed by atoms with Gasteiger partial charge >= 0.3 is 6.09 Å². The summed E-state index contributed by atoms with van der Waals surface area (Å²) in [7, 11) is 0. The van der Waals surface area contributed by atoms with Crippen LogP contribution in [0.3, 0.4) is 0 Å². The van der Waals surface area contributed by atoms with Crippen LogP contribution in [-0.2, 0) is 22.3 Å². The molecule has 3 atom stereocenters. The van der Waals surface area contributed by atoms with Crippen molar-refractivity contribution in [1.82, 2.24) is 24.6 Å². The molecule has 1 amide bonds. The highest BCUT2D eigenvalue weighted by Crippen LogP contribution is 2.43. The third-order valence-corrected chi connectivity index (χ3v) is 9.48. The van der Waals surface area contributed by atoms with E-state index >= 15 is 0 Å². The molecule has 3 aromatic rings. The van der Waals surface area contributed by atoms with E-state index in [2.05, 4.69) is 41.8 Å². The van der Waals surface area contributed by atoms with Crippen LogP contribution >= 0.6 is 11.8 Å². The van der Waals surface area contributed by atoms with Gasteiger partial charge in [-0.05, 0) is 95.1 Å². The quantitative estimate of drug-likeness (QED) is 0.264. The Bertz CT molecular complexity index is 1450. The Labute approximate surface area is 253 Å². The summed E-state index contributed by atoms with van der Waals surface area (Å²) in [5, 5.41) is 6.89. The van der Waals surface area contributed by atoms with Crippen molar-refractivity contribution >= 4 is 34.6 Å². The van der Waals surface area contributed by atoms with Crippen LogP contribution in [-0.4, -0.2) is 75.4 Å². The third kappa shape index (κ3) is 5.72. The average molecular weight is 593 g/mol. The number of piperazine rings is 1. The molecule has 42 heavy (non-hydrogen) atoms. The van der Waals surface area contributed by atoms with Crippen molar-refractivity contribution in [2.75, 3.05) is 43.9 Å². The predicted molar refractivity (Wildman–Crippen MR) is 166 cm³/mol. The van der Waals surface area contributed by atoms with Crippen LogP contribution < -0.4 is 4.90 Å². The smallest absolute Gasteiger partial charge is 0.410 e. The number of nitrogens with zero attached hydrogens (tertiary/aromatic N) is 6. The molecular weight excluding hydrogens is 548 g/mol. The Morgan fingerprint density at radius 3 is 2.57 bits per heavy atom. The predicted octanol–water partition coefficient (Wildman–Crippen LogP) is 6.13. The number of carbonyl (C=O) groups excluding carboxylic acids is 1. The molecule has 2 saturated heterocycles. The van der Waals surface area contributed by atoms with Crippen LogP contribution in [0, 0.1) is 12.8 Å². The maximum Gasteiger partial charge on any atom is 0.410 e. The minimum Gasteiger partial charge on any atom is -0.444 e. The van der Waals surface area contributed by atoms with Crippen LogP contribution in [0.25, 0.3) is 10.9 Å². The summed E-state index contributed by atoms with van der Waals surface area (Å²) >= 11 is 1.59. The summed E-state index contributed by atoms with van der Waals surface area (Å²) in [5.41, 5.74) is 5.79. The molecule has 1 aromatic carbocycles. The molecule has 2 fully saturated rings. The van der Waals surface area contributed by atoms with Gasteiger partial charge in [0.2, 0.25) is 0 Å². The molecule has 0 N–H and O–H groups in total. The van der Waals surface area contributed by atoms with Crippen molar-refractivity contribution in [3.63, 3.8) is 0 Å². The van der Waals surface area contributed by atoms with Gasteiger partial charge in [0.15, 0.2) is 11.4 Å². The first-order valence-corrected chi connectivity index (χ1v) is 16.6. The molecule has 4 heterocycles. The molecule has 2 aliphatic heterocycles. The maximum absolute atomic E-state index is 12.7. The van der Waals surface area contributed by atoms with Crippen molar-refractivity contribution in [2.45, 2.75) is 89.6 Å². The SMILES string of the molecule is CSc1nc2c(c(N3CCN(C(=O)OC(C)(C)C)CC3)n1)CC(C)C(c1c(C)ccc3c1cnn3C1CCCCO1)C2. The Morgan fingerprint density at radius 2 is 1.88 bits per heavy atom. The van der Waals surface area contributed by atoms with Gasteiger partial charge in [-0.2, -0.15) is 5.10 Å². The fraction of sp³-hybridized carbons (Fsp3) is 0.625. The van der Waals surface area contributed by atoms with Gasteiger partial charge in [-0.25, -0.2) is 19.4 Å². The number of thioether (sulfide) groups is 1. The molecule has 9 nitrogen and oxygen atoms in total. The second kappa shape index (κ2) is 11.7. The van der Waals surface area contributed by atoms with Crippen molar-refractivity contribution in [3.8, 4) is 0 Å². The van der Waals surface area contributed by atoms with E-state index in [4.69, 9.17) is 24.5 Å². The fourth-order valence-corrected chi connectivity index (χ4v) is 7.18. The molecular formula is C32H44N6O3S. The Morgan fingerprint density at radius 1 is 1.10 bits per heavy atom. The Hall–Kier alpha value is -2.85. The number of hydrogen-bond acceptors (Lipinski definition) is 8. The molecule has 0 saturated carbocycles. The van der Waals surface area contributed by atoms with E-state index in [0.717, 1.165) is 67.6 Å². The first-order chi connectivity index (χ1) is 20.1. The zero-order chi connectivity index (χ0) is 29.6. The van der Waals surface area contributed by atoms with E-state index < -0.39 is 5.60 Å². The van der Waals surface area contributed by atoms with Gasteiger partial charge in [-0.1, -0.05) is 24.8 Å². The minimum absolute atomic E-state index is 0.0199. The summed E-state index contributed by atoms with van der Waals surface area (Å²) in [5.74, 6) is 1.80. The fourth-order valence-electron chi connectivity index (χ4n) is 6.80. The van der Waals surface area contributed by atoms with Gasteiger partial charge in [0.05, 0.1) is 17.4 Å². The van der Waals surface area contributed by atoms with Crippen molar-refractivity contribution in [1.29, 1.82) is 0 Å². The van der Waals surface area contributed by atoms with Gasteiger partial charge in [0.25, 0.3) is 0 Å². The minimum atomic E-state index is -0.495. The van der Waals surface area contributed by atoms with Crippen LogP contribution in [0.4, 0.5) is 10.6 Å². The zero-order valence-corrected chi connectivity index (χ0v) is 26.7. The monoisotopic (exact) mass is 592 g/mol. The number of amides is 1. The summed E-state index contributed by atoms with van der Waals surface area (Å²) in [6, 6.07) is 4.47. The van der Waals surface area contributed by atoms with Crippen LogP contribution in [0.15, 0.2) is 23.5 Å². The van der Waals surface area contributed by atoms with Gasteiger partial charge in [-0.3, -0.25) is 0 Å². The van der Waals surface area contributed by atoms with Gasteiger partial charge in [-0.15, -0.1) is 0 Å². The van der Waals surface area contributed by atoms with E-state index in [0.29, 0.717) is 24.9 Å². The number of fused-ring (bicyclic) bond motifs is 2. The average Bonchev–Trinajstić information content (AvgIpc) is 3.40. The highest BCUT2D eigenvalue weighted by molar-refractivity contribution is 7.98. The topological polar surface area (TPSA) is 85.6 Å². The summed E-state index contributed by atoms with van der Waals surface area (Å²) in [6.07, 6.45) is 8.99. The highest BCUT2D eigenvalue weighted by Gasteiger charge is 2.35. The molecule has 226 valence electrons. The molecule has 1 aliphatic carbocycles. The van der Waals surface area contributed by atoms with Crippen molar-refractivity contribution in [2.24, 2.45) is 5.92 Å². The van der Waals surface area contributed by atoms with E-state index in [9.17, 15) is 4.79 Å². The van der Waals surface area contributed by atoms with Crippen molar-refractivity contribution in [3.05, 3.63) is 40.7 Å². The summed E-state index contributed by atoms with van der Waals surface area (Å²) in [6.45, 7) is 13.8. The molecule has 3 aliphatic rings. The van der Waals surface area contributed by atoms with E-state index in [1.54, 1.807) is 11.8 Å². The lowest BCUT2D eigenvalue weighted by Gasteiger charge is -2.39. The lowest BCUT2D eigenvalue weighted by Crippen LogP contribution is -2.50. The zero-order valence-electron chi connectivity index (χ0n) is 25.9. The Balaban J connectivity index is 1.28. The number of benzene rings is 1. The van der Waals surface area contributed by atoms with Gasteiger partial charge in [0, 0.05) is 43.7 Å². The Kier molecular flexibility index (Phi) is 8.13. The number of hydrogen-bond donors (Lipinski definition) is 0. The van der Waals surface area contributed by atoms with E-state index in [1.807, 2.05) is 31.9 Å². The van der Waals surface area contributed by atoms with Crippen LogP contribution in [0.2, 0.25) is 0 Å². The number of aryl methyl sites for hydroxylation is 1. The van der Waals surface area contributed by atoms with E-state index in [-0.39, 0.29) is 12.3 Å². The number of rotatable bonds is 4. The second-order valence-electron chi connectivity index (χ2n) is 13.0. The number of ether oxygens (including phenoxy) is 2. The van der Waals surface area contributed by atoms with Crippen molar-refractivity contribution < 1.29 is 14.3 Å². The summed E-state index contributed by atoms with van der Waals surface area (Å²) < 4.78 is 13.8. The number of anilines is 1. The van der Waals surface area contributed by atoms with E-state index in [1.165, 1.54) is 28.5 Å². The first kappa shape index (κ1) is 29.2. The standard InChI is InChI=1S/C32H44N6O3S/c1-20-10-11-26-24(19-33-38(26)27-9-7-8-16-40-27)28(20)22-18-25-23(17-21(22)2)29(35-30(34-25)42-6)36-12-14-37(15-13-36)31(39)41-32(3,4)5/h10-11,19,21-22,27H,7-9,12-18H2,1-6H3. The highest BCUT2D eigenvalue weighted by atomic mass is 32.2. The number of carbonyl (C=O) groups is 1. The first-order valence-electron chi connectivity index (χ1n) is 15.4. The molecule has 0 bridgehead atoms. The third-order valence-electron chi connectivity index (χ3n) is 8.93. The molecule has 2 aromatic heterocycles. The second-order valence-corrected chi connectivity index (χ2v) is 13.8. The lowest BCUT2D eigenvalue weighted by atomic mass is 9.73. The van der Waals surface area contributed by atoms with Gasteiger partial charge < -0.3 is 19.3 Å². The maximum atomic E-state index is 12.7.